The minimum absolute atomic E-state index is 0.363. The van der Waals surface area contributed by atoms with Gasteiger partial charge >= 0.3 is 27.0 Å². The maximum absolute atomic E-state index is 13.6. The second kappa shape index (κ2) is 9.32. The first-order chi connectivity index (χ1) is 11.6. The van der Waals surface area contributed by atoms with Gasteiger partial charge in [0.05, 0.1) is 0 Å². The van der Waals surface area contributed by atoms with Crippen LogP contribution < -0.4 is 15.9 Å². The summed E-state index contributed by atoms with van der Waals surface area (Å²) < 4.78 is 40.7. The van der Waals surface area contributed by atoms with Crippen molar-refractivity contribution in [3.8, 4) is 0 Å². The summed E-state index contributed by atoms with van der Waals surface area (Å²) in [6.07, 6.45) is 0. The SMILES string of the molecule is Fc1cccc(P(c2cccc(F)c2)c2cccc(F)c2)c1.[Cl][Ru]. The third kappa shape index (κ3) is 4.90. The maximum atomic E-state index is 13.6. The van der Waals surface area contributed by atoms with Gasteiger partial charge in [-0.1, -0.05) is 36.4 Å². The van der Waals surface area contributed by atoms with E-state index in [1.165, 1.54) is 36.4 Å². The van der Waals surface area contributed by atoms with E-state index >= 15 is 0 Å². The first-order valence-electron chi connectivity index (χ1n) is 6.84. The minimum atomic E-state index is -1.21. The molecule has 0 unspecified atom stereocenters. The number of hydrogen-bond acceptors (Lipinski definition) is 0. The summed E-state index contributed by atoms with van der Waals surface area (Å²) in [7, 11) is 3.35. The molecule has 125 valence electrons. The van der Waals surface area contributed by atoms with Crippen molar-refractivity contribution < 1.29 is 30.5 Å². The molecule has 0 aliphatic rings. The Morgan fingerprint density at radius 1 is 0.583 bits per heavy atom. The Morgan fingerprint density at radius 3 is 1.12 bits per heavy atom. The molecule has 6 heteroatoms. The van der Waals surface area contributed by atoms with Gasteiger partial charge in [-0.25, -0.2) is 13.2 Å². The Labute approximate surface area is 154 Å². The third-order valence-electron chi connectivity index (χ3n) is 3.20. The summed E-state index contributed by atoms with van der Waals surface area (Å²) in [5.41, 5.74) is 0. The molecule has 3 aromatic carbocycles. The van der Waals surface area contributed by atoms with Crippen molar-refractivity contribution in [3.63, 3.8) is 0 Å². The van der Waals surface area contributed by atoms with Crippen molar-refractivity contribution in [1.29, 1.82) is 0 Å². The fraction of sp³-hybridized carbons (Fsp3) is 0. The van der Waals surface area contributed by atoms with Crippen LogP contribution in [0.3, 0.4) is 0 Å². The molecule has 3 rings (SSSR count). The molecule has 0 aliphatic heterocycles. The van der Waals surface area contributed by atoms with Crippen LogP contribution in [-0.2, 0) is 17.3 Å². The van der Waals surface area contributed by atoms with Crippen LogP contribution in [0.2, 0.25) is 0 Å². The zero-order valence-corrected chi connectivity index (χ0v) is 15.6. The van der Waals surface area contributed by atoms with Crippen molar-refractivity contribution in [2.75, 3.05) is 0 Å². The average Bonchev–Trinajstić information content (AvgIpc) is 2.57. The molecule has 0 saturated heterocycles. The average molecular weight is 453 g/mol. The van der Waals surface area contributed by atoms with Gasteiger partial charge in [0.2, 0.25) is 0 Å². The second-order valence-electron chi connectivity index (χ2n) is 4.78. The van der Waals surface area contributed by atoms with Gasteiger partial charge in [-0.15, -0.1) is 0 Å². The van der Waals surface area contributed by atoms with Crippen LogP contribution in [0.5, 0.6) is 0 Å². The molecule has 0 N–H and O–H groups in total. The van der Waals surface area contributed by atoms with Crippen molar-refractivity contribution in [2.45, 2.75) is 0 Å². The van der Waals surface area contributed by atoms with Crippen LogP contribution in [0.15, 0.2) is 72.8 Å². The molecule has 0 aliphatic carbocycles. The van der Waals surface area contributed by atoms with Gasteiger partial charge in [0, 0.05) is 0 Å². The van der Waals surface area contributed by atoms with Crippen LogP contribution in [0.25, 0.3) is 0 Å². The van der Waals surface area contributed by atoms with Gasteiger partial charge < -0.3 is 0 Å². The summed E-state index contributed by atoms with van der Waals surface area (Å²) in [6, 6.07) is 18.5. The zero-order chi connectivity index (χ0) is 17.5. The Morgan fingerprint density at radius 2 is 0.875 bits per heavy atom. The molecule has 0 spiro atoms. The predicted molar refractivity (Wildman–Crippen MR) is 90.9 cm³/mol. The summed E-state index contributed by atoms with van der Waals surface area (Å²) in [5.74, 6) is -1.09. The van der Waals surface area contributed by atoms with Crippen LogP contribution in [0.1, 0.15) is 0 Å². The molecule has 0 heterocycles. The number of benzene rings is 3. The molecule has 24 heavy (non-hydrogen) atoms. The van der Waals surface area contributed by atoms with Crippen LogP contribution in [0.4, 0.5) is 13.2 Å². The molecule has 0 fully saturated rings. The summed E-state index contributed by atoms with van der Waals surface area (Å²) >= 11 is 1.82. The first-order valence-corrected chi connectivity index (χ1v) is 10.4. The quantitative estimate of drug-likeness (QED) is 0.404. The number of hydrogen-bond donors (Lipinski definition) is 0. The molecular formula is C18H12ClF3PRu. The Bertz CT molecular complexity index is 705. The van der Waals surface area contributed by atoms with E-state index in [1.807, 2.05) is 17.3 Å². The molecule has 0 amide bonds. The molecule has 0 aromatic heterocycles. The Hall–Kier alpha value is -1.21. The van der Waals surface area contributed by atoms with E-state index in [-0.39, 0.29) is 17.5 Å². The van der Waals surface area contributed by atoms with E-state index in [4.69, 9.17) is 0 Å². The van der Waals surface area contributed by atoms with E-state index in [2.05, 4.69) is 9.69 Å². The zero-order valence-electron chi connectivity index (χ0n) is 12.2. The summed E-state index contributed by atoms with van der Waals surface area (Å²) in [5, 5.41) is 2.14. The second-order valence-corrected chi connectivity index (χ2v) is 7.00. The van der Waals surface area contributed by atoms with Gasteiger partial charge in [0.1, 0.15) is 17.5 Å². The summed E-state index contributed by atoms with van der Waals surface area (Å²) in [4.78, 5) is 0. The van der Waals surface area contributed by atoms with Crippen molar-refractivity contribution in [1.82, 2.24) is 0 Å². The molecule has 0 atom stereocenters. The van der Waals surface area contributed by atoms with Crippen LogP contribution in [-0.4, -0.2) is 0 Å². The number of halogens is 4. The Balaban J connectivity index is 0.00000100. The van der Waals surface area contributed by atoms with E-state index < -0.39 is 7.92 Å². The fourth-order valence-electron chi connectivity index (χ4n) is 2.29. The predicted octanol–water partition coefficient (Wildman–Crippen LogP) is 4.55. The van der Waals surface area contributed by atoms with E-state index in [0.29, 0.717) is 15.9 Å². The van der Waals surface area contributed by atoms with Gasteiger partial charge in [-0.05, 0) is 60.2 Å². The van der Waals surface area contributed by atoms with E-state index in [0.717, 1.165) is 0 Å². The fourth-order valence-corrected chi connectivity index (χ4v) is 4.65. The van der Waals surface area contributed by atoms with Gasteiger partial charge in [0.25, 0.3) is 0 Å². The molecular weight excluding hydrogens is 441 g/mol. The topological polar surface area (TPSA) is 0 Å². The molecule has 3 aromatic rings. The standard InChI is InChI=1S/C18H12F3P.ClH.Ru/c19-13-4-1-7-16(10-13)22(17-8-2-5-14(20)11-17)18-9-3-6-15(21)12-18;;/h1-12H;1H;/q;;+1/p-1. The normalized spacial score (nSPS) is 10.2. The molecule has 0 radical (unpaired) electrons. The summed E-state index contributed by atoms with van der Waals surface area (Å²) in [6.45, 7) is 0. The third-order valence-corrected chi connectivity index (χ3v) is 5.58. The van der Waals surface area contributed by atoms with Gasteiger partial charge in [0.15, 0.2) is 0 Å². The van der Waals surface area contributed by atoms with Crippen molar-refractivity contribution in [3.05, 3.63) is 90.2 Å². The number of rotatable bonds is 3. The molecule has 0 nitrogen and oxygen atoms in total. The van der Waals surface area contributed by atoms with E-state index in [9.17, 15) is 13.2 Å². The molecule has 0 saturated carbocycles. The molecule has 0 bridgehead atoms. The van der Waals surface area contributed by atoms with Crippen LogP contribution in [0, 0.1) is 17.5 Å². The van der Waals surface area contributed by atoms with Crippen LogP contribution >= 0.6 is 17.6 Å². The Kier molecular flexibility index (Phi) is 7.43. The monoisotopic (exact) mass is 453 g/mol. The van der Waals surface area contributed by atoms with Crippen molar-refractivity contribution >= 4 is 33.5 Å². The van der Waals surface area contributed by atoms with Crippen molar-refractivity contribution in [2.24, 2.45) is 0 Å². The van der Waals surface area contributed by atoms with E-state index in [1.54, 1.807) is 36.4 Å². The van der Waals surface area contributed by atoms with Gasteiger partial charge in [-0.3, -0.25) is 0 Å². The van der Waals surface area contributed by atoms with Gasteiger partial charge in [-0.2, -0.15) is 0 Å². The first kappa shape index (κ1) is 19.1.